The molecule has 0 fully saturated rings. The SMILES string of the molecule is COC(=O)c1nc(C(F)(F)F)ccc1N. The fraction of sp³-hybridized carbons (Fsp3) is 0.250. The summed E-state index contributed by atoms with van der Waals surface area (Å²) >= 11 is 0. The van der Waals surface area contributed by atoms with E-state index in [0.29, 0.717) is 6.07 Å². The van der Waals surface area contributed by atoms with E-state index in [1.54, 1.807) is 0 Å². The molecule has 0 radical (unpaired) electrons. The van der Waals surface area contributed by atoms with Crippen LogP contribution in [0.3, 0.4) is 0 Å². The van der Waals surface area contributed by atoms with Crippen LogP contribution in [0.15, 0.2) is 12.1 Å². The molecule has 82 valence electrons. The third-order valence-corrected chi connectivity index (χ3v) is 1.60. The Morgan fingerprint density at radius 2 is 2.07 bits per heavy atom. The molecule has 1 aromatic rings. The van der Waals surface area contributed by atoms with Gasteiger partial charge in [-0.2, -0.15) is 13.2 Å². The van der Waals surface area contributed by atoms with Gasteiger partial charge in [-0.25, -0.2) is 9.78 Å². The van der Waals surface area contributed by atoms with Crippen molar-refractivity contribution < 1.29 is 22.7 Å². The maximum Gasteiger partial charge on any atom is 0.433 e. The lowest BCUT2D eigenvalue weighted by Gasteiger charge is -2.08. The van der Waals surface area contributed by atoms with Crippen molar-refractivity contribution in [2.45, 2.75) is 6.18 Å². The van der Waals surface area contributed by atoms with Crippen LogP contribution < -0.4 is 5.73 Å². The van der Waals surface area contributed by atoms with Gasteiger partial charge in [0.1, 0.15) is 5.69 Å². The number of rotatable bonds is 1. The van der Waals surface area contributed by atoms with E-state index in [1.165, 1.54) is 0 Å². The maximum atomic E-state index is 12.2. The lowest BCUT2D eigenvalue weighted by molar-refractivity contribution is -0.141. The van der Waals surface area contributed by atoms with Gasteiger partial charge in [0.05, 0.1) is 12.8 Å². The monoisotopic (exact) mass is 220 g/mol. The first-order chi connectivity index (χ1) is 6.86. The van der Waals surface area contributed by atoms with Crippen molar-refractivity contribution in [2.75, 3.05) is 12.8 Å². The molecule has 0 spiro atoms. The number of hydrogen-bond acceptors (Lipinski definition) is 4. The van der Waals surface area contributed by atoms with E-state index in [1.807, 2.05) is 0 Å². The molecule has 7 heteroatoms. The van der Waals surface area contributed by atoms with Crippen molar-refractivity contribution in [2.24, 2.45) is 0 Å². The zero-order chi connectivity index (χ0) is 11.6. The predicted octanol–water partition coefficient (Wildman–Crippen LogP) is 1.47. The number of halogens is 3. The van der Waals surface area contributed by atoms with E-state index in [-0.39, 0.29) is 5.69 Å². The van der Waals surface area contributed by atoms with E-state index in [0.717, 1.165) is 13.2 Å². The van der Waals surface area contributed by atoms with Crippen molar-refractivity contribution in [3.05, 3.63) is 23.5 Å². The molecule has 0 bridgehead atoms. The number of nitrogens with two attached hydrogens (primary N) is 1. The summed E-state index contributed by atoms with van der Waals surface area (Å²) in [6.45, 7) is 0. The Balaban J connectivity index is 3.23. The number of esters is 1. The van der Waals surface area contributed by atoms with Gasteiger partial charge in [-0.05, 0) is 12.1 Å². The van der Waals surface area contributed by atoms with Crippen LogP contribution >= 0.6 is 0 Å². The molecule has 1 rings (SSSR count). The molecule has 0 saturated heterocycles. The molecule has 0 amide bonds. The minimum absolute atomic E-state index is 0.158. The zero-order valence-electron chi connectivity index (χ0n) is 7.63. The molecular weight excluding hydrogens is 213 g/mol. The van der Waals surface area contributed by atoms with Crippen LogP contribution in [0.4, 0.5) is 18.9 Å². The minimum atomic E-state index is -4.61. The molecule has 1 aromatic heterocycles. The largest absolute Gasteiger partial charge is 0.464 e. The van der Waals surface area contributed by atoms with Crippen LogP contribution in [0.5, 0.6) is 0 Å². The fourth-order valence-corrected chi connectivity index (χ4v) is 0.888. The highest BCUT2D eigenvalue weighted by Gasteiger charge is 2.33. The van der Waals surface area contributed by atoms with Gasteiger partial charge in [0.25, 0.3) is 0 Å². The summed E-state index contributed by atoms with van der Waals surface area (Å²) in [6.07, 6.45) is -4.61. The molecule has 4 nitrogen and oxygen atoms in total. The summed E-state index contributed by atoms with van der Waals surface area (Å²) in [5, 5.41) is 0. The maximum absolute atomic E-state index is 12.2. The zero-order valence-corrected chi connectivity index (χ0v) is 7.63. The van der Waals surface area contributed by atoms with Gasteiger partial charge in [0, 0.05) is 0 Å². The second-order valence-corrected chi connectivity index (χ2v) is 2.62. The lowest BCUT2D eigenvalue weighted by atomic mass is 10.2. The second-order valence-electron chi connectivity index (χ2n) is 2.62. The highest BCUT2D eigenvalue weighted by molar-refractivity contribution is 5.92. The number of pyridine rings is 1. The van der Waals surface area contributed by atoms with Gasteiger partial charge in [-0.1, -0.05) is 0 Å². The molecule has 0 aliphatic rings. The topological polar surface area (TPSA) is 65.2 Å². The molecule has 0 aliphatic carbocycles. The highest BCUT2D eigenvalue weighted by Crippen LogP contribution is 2.28. The van der Waals surface area contributed by atoms with Crippen LogP contribution in [0.2, 0.25) is 0 Å². The van der Waals surface area contributed by atoms with Crippen LogP contribution in [-0.4, -0.2) is 18.1 Å². The van der Waals surface area contributed by atoms with Crippen molar-refractivity contribution in [1.29, 1.82) is 0 Å². The smallest absolute Gasteiger partial charge is 0.433 e. The van der Waals surface area contributed by atoms with Crippen molar-refractivity contribution >= 4 is 11.7 Å². The van der Waals surface area contributed by atoms with Crippen LogP contribution in [0, 0.1) is 0 Å². The van der Waals surface area contributed by atoms with Gasteiger partial charge in [-0.3, -0.25) is 0 Å². The van der Waals surface area contributed by atoms with E-state index in [9.17, 15) is 18.0 Å². The summed E-state index contributed by atoms with van der Waals surface area (Å²) in [5.41, 5.74) is 3.40. The van der Waals surface area contributed by atoms with Crippen molar-refractivity contribution in [1.82, 2.24) is 4.98 Å². The lowest BCUT2D eigenvalue weighted by Crippen LogP contribution is -2.14. The summed E-state index contributed by atoms with van der Waals surface area (Å²) in [4.78, 5) is 14.1. The van der Waals surface area contributed by atoms with Gasteiger partial charge in [-0.15, -0.1) is 0 Å². The Kier molecular flexibility index (Phi) is 2.83. The van der Waals surface area contributed by atoms with E-state index >= 15 is 0 Å². The third kappa shape index (κ3) is 2.36. The fourth-order valence-electron chi connectivity index (χ4n) is 0.888. The number of ether oxygens (including phenoxy) is 1. The number of nitrogen functional groups attached to an aromatic ring is 1. The van der Waals surface area contributed by atoms with Crippen LogP contribution in [0.1, 0.15) is 16.2 Å². The summed E-state index contributed by atoms with van der Waals surface area (Å²) < 4.78 is 40.9. The standard InChI is InChI=1S/C8H7F3N2O2/c1-15-7(14)6-4(12)2-3-5(13-6)8(9,10)11/h2-3H,12H2,1H3. The second kappa shape index (κ2) is 3.76. The molecule has 0 aliphatic heterocycles. The first-order valence-electron chi connectivity index (χ1n) is 3.78. The number of methoxy groups -OCH3 is 1. The number of carbonyl (C=O) groups excluding carboxylic acids is 1. The molecule has 0 saturated carbocycles. The molecule has 15 heavy (non-hydrogen) atoms. The Labute approximate surface area is 82.9 Å². The number of carbonyl (C=O) groups is 1. The number of hydrogen-bond donors (Lipinski definition) is 1. The van der Waals surface area contributed by atoms with Gasteiger partial charge >= 0.3 is 12.1 Å². The molecule has 0 aromatic carbocycles. The predicted molar refractivity (Wildman–Crippen MR) is 45.0 cm³/mol. The molecule has 1 heterocycles. The molecule has 0 unspecified atom stereocenters. The highest BCUT2D eigenvalue weighted by atomic mass is 19.4. The first kappa shape index (κ1) is 11.3. The van der Waals surface area contributed by atoms with Crippen LogP contribution in [-0.2, 0) is 10.9 Å². The van der Waals surface area contributed by atoms with Crippen molar-refractivity contribution in [3.63, 3.8) is 0 Å². The Morgan fingerprint density at radius 3 is 2.53 bits per heavy atom. The average molecular weight is 220 g/mol. The van der Waals surface area contributed by atoms with Gasteiger partial charge < -0.3 is 10.5 Å². The Morgan fingerprint density at radius 1 is 1.47 bits per heavy atom. The first-order valence-corrected chi connectivity index (χ1v) is 3.78. The van der Waals surface area contributed by atoms with E-state index in [2.05, 4.69) is 9.72 Å². The van der Waals surface area contributed by atoms with Gasteiger partial charge in [0.15, 0.2) is 5.69 Å². The number of anilines is 1. The normalized spacial score (nSPS) is 11.2. The third-order valence-electron chi connectivity index (χ3n) is 1.60. The number of aromatic nitrogens is 1. The van der Waals surface area contributed by atoms with E-state index < -0.39 is 23.5 Å². The number of nitrogens with zero attached hydrogens (tertiary/aromatic N) is 1. The Bertz CT molecular complexity index is 390. The molecule has 0 atom stereocenters. The molecular formula is C8H7F3N2O2. The van der Waals surface area contributed by atoms with Crippen molar-refractivity contribution in [3.8, 4) is 0 Å². The quantitative estimate of drug-likeness (QED) is 0.728. The number of alkyl halides is 3. The van der Waals surface area contributed by atoms with E-state index in [4.69, 9.17) is 5.73 Å². The Hall–Kier alpha value is -1.79. The summed E-state index contributed by atoms with van der Waals surface area (Å²) in [6, 6.07) is 1.66. The summed E-state index contributed by atoms with van der Waals surface area (Å²) in [5.74, 6) is -1.00. The average Bonchev–Trinajstić information content (AvgIpc) is 2.15. The summed E-state index contributed by atoms with van der Waals surface area (Å²) in [7, 11) is 1.03. The molecule has 2 N–H and O–H groups in total. The van der Waals surface area contributed by atoms with Crippen LogP contribution in [0.25, 0.3) is 0 Å². The minimum Gasteiger partial charge on any atom is -0.464 e. The van der Waals surface area contributed by atoms with Gasteiger partial charge in [0.2, 0.25) is 0 Å².